The second-order valence-electron chi connectivity index (χ2n) is 5.01. The average Bonchev–Trinajstić information content (AvgIpc) is 2.97. The summed E-state index contributed by atoms with van der Waals surface area (Å²) in [5.41, 5.74) is 1.69. The Hall–Kier alpha value is -2.76. The lowest BCUT2D eigenvalue weighted by Gasteiger charge is -2.09. The van der Waals surface area contributed by atoms with Crippen molar-refractivity contribution in [2.45, 2.75) is 12.8 Å². The molecule has 2 aromatic carbocycles. The molecule has 0 bridgehead atoms. The topological polar surface area (TPSA) is 88.4 Å². The summed E-state index contributed by atoms with van der Waals surface area (Å²) in [4.78, 5) is 0. The molecule has 0 atom stereocenters. The molecular weight excluding hydrogens is 288 g/mol. The Morgan fingerprint density at radius 1 is 0.955 bits per heavy atom. The van der Waals surface area contributed by atoms with Gasteiger partial charge in [-0.05, 0) is 48.2 Å². The number of methoxy groups -OCH3 is 1. The average molecular weight is 304 g/mol. The summed E-state index contributed by atoms with van der Waals surface area (Å²) < 4.78 is 15.4. The fourth-order valence-corrected chi connectivity index (χ4v) is 2.43. The Labute approximate surface area is 127 Å². The lowest BCUT2D eigenvalue weighted by Crippen LogP contribution is -1.94. The fourth-order valence-electron chi connectivity index (χ4n) is 2.43. The first-order chi connectivity index (χ1) is 10.6. The summed E-state index contributed by atoms with van der Waals surface area (Å²) in [5, 5.41) is 29.2. The highest BCUT2D eigenvalue weighted by atomic mass is 16.7. The van der Waals surface area contributed by atoms with E-state index in [2.05, 4.69) is 0 Å². The van der Waals surface area contributed by atoms with Gasteiger partial charge in [-0.3, -0.25) is 0 Å². The van der Waals surface area contributed by atoms with E-state index in [9.17, 15) is 15.3 Å². The zero-order valence-electron chi connectivity index (χ0n) is 12.0. The van der Waals surface area contributed by atoms with Gasteiger partial charge in [-0.25, -0.2) is 0 Å². The van der Waals surface area contributed by atoms with Crippen molar-refractivity contribution in [2.24, 2.45) is 0 Å². The monoisotopic (exact) mass is 304 g/mol. The highest BCUT2D eigenvalue weighted by Gasteiger charge is 2.19. The van der Waals surface area contributed by atoms with Crippen LogP contribution < -0.4 is 14.2 Å². The molecule has 0 aromatic heterocycles. The molecule has 0 fully saturated rings. The molecule has 0 amide bonds. The summed E-state index contributed by atoms with van der Waals surface area (Å²) in [6.45, 7) is 0.107. The van der Waals surface area contributed by atoms with Crippen LogP contribution in [0.15, 0.2) is 24.3 Å². The molecular formula is C16H16O6. The van der Waals surface area contributed by atoms with E-state index in [0.29, 0.717) is 24.3 Å². The summed E-state index contributed by atoms with van der Waals surface area (Å²) >= 11 is 0. The van der Waals surface area contributed by atoms with Crippen molar-refractivity contribution in [1.82, 2.24) is 0 Å². The first kappa shape index (κ1) is 14.2. The smallest absolute Gasteiger partial charge is 0.231 e. The van der Waals surface area contributed by atoms with Crippen molar-refractivity contribution >= 4 is 0 Å². The molecule has 1 heterocycles. The zero-order chi connectivity index (χ0) is 15.7. The predicted molar refractivity (Wildman–Crippen MR) is 78.0 cm³/mol. The maximum atomic E-state index is 9.87. The van der Waals surface area contributed by atoms with E-state index in [4.69, 9.17) is 14.2 Å². The van der Waals surface area contributed by atoms with E-state index >= 15 is 0 Å². The van der Waals surface area contributed by atoms with E-state index in [1.54, 1.807) is 12.1 Å². The van der Waals surface area contributed by atoms with E-state index in [-0.39, 0.29) is 29.8 Å². The second kappa shape index (κ2) is 5.55. The molecule has 0 spiro atoms. The summed E-state index contributed by atoms with van der Waals surface area (Å²) in [5.74, 6) is 0.684. The molecule has 22 heavy (non-hydrogen) atoms. The van der Waals surface area contributed by atoms with Gasteiger partial charge in [-0.2, -0.15) is 0 Å². The molecule has 0 saturated carbocycles. The first-order valence-corrected chi connectivity index (χ1v) is 6.79. The standard InChI is InChI=1S/C16H16O6/c1-20-13-6-9(4-11(17)15(13)19)2-3-10-5-12(18)16-14(7-10)21-8-22-16/h4-7,17-19H,2-3,8H2,1H3. The zero-order valence-corrected chi connectivity index (χ0v) is 12.0. The summed E-state index contributed by atoms with van der Waals surface area (Å²) in [6.07, 6.45) is 1.22. The molecule has 2 aromatic rings. The van der Waals surface area contributed by atoms with Crippen LogP contribution in [-0.4, -0.2) is 29.2 Å². The quantitative estimate of drug-likeness (QED) is 0.751. The van der Waals surface area contributed by atoms with E-state index < -0.39 is 0 Å². The minimum atomic E-state index is -0.271. The van der Waals surface area contributed by atoms with Gasteiger partial charge in [0.15, 0.2) is 23.0 Å². The number of benzene rings is 2. The molecule has 6 nitrogen and oxygen atoms in total. The normalized spacial score (nSPS) is 12.4. The third-order valence-electron chi connectivity index (χ3n) is 3.55. The van der Waals surface area contributed by atoms with Crippen molar-refractivity contribution in [2.75, 3.05) is 13.9 Å². The van der Waals surface area contributed by atoms with Gasteiger partial charge in [0, 0.05) is 0 Å². The predicted octanol–water partition coefficient (Wildman–Crippen LogP) is 2.33. The van der Waals surface area contributed by atoms with Crippen LogP contribution >= 0.6 is 0 Å². The Morgan fingerprint density at radius 2 is 1.64 bits per heavy atom. The summed E-state index contributed by atoms with van der Waals surface area (Å²) in [6, 6.07) is 6.61. The van der Waals surface area contributed by atoms with Crippen molar-refractivity contribution < 1.29 is 29.5 Å². The van der Waals surface area contributed by atoms with Gasteiger partial charge in [0.25, 0.3) is 0 Å². The number of hydrogen-bond donors (Lipinski definition) is 3. The number of ether oxygens (including phenoxy) is 3. The second-order valence-corrected chi connectivity index (χ2v) is 5.01. The van der Waals surface area contributed by atoms with Crippen LogP contribution in [0.4, 0.5) is 0 Å². The third-order valence-corrected chi connectivity index (χ3v) is 3.55. The van der Waals surface area contributed by atoms with Crippen molar-refractivity contribution in [3.05, 3.63) is 35.4 Å². The molecule has 0 saturated heterocycles. The third kappa shape index (κ3) is 2.55. The molecule has 0 aliphatic carbocycles. The minimum absolute atomic E-state index is 0.0520. The highest BCUT2D eigenvalue weighted by molar-refractivity contribution is 5.55. The van der Waals surface area contributed by atoms with Gasteiger partial charge in [0.1, 0.15) is 0 Å². The molecule has 116 valence electrons. The molecule has 3 N–H and O–H groups in total. The lowest BCUT2D eigenvalue weighted by molar-refractivity contribution is 0.171. The summed E-state index contributed by atoms with van der Waals surface area (Å²) in [7, 11) is 1.42. The van der Waals surface area contributed by atoms with Gasteiger partial charge >= 0.3 is 0 Å². The molecule has 1 aliphatic rings. The molecule has 0 unspecified atom stereocenters. The van der Waals surface area contributed by atoms with Gasteiger partial charge in [-0.15, -0.1) is 0 Å². The fraction of sp³-hybridized carbons (Fsp3) is 0.250. The SMILES string of the molecule is COc1cc(CCc2cc(O)c3c(c2)OCO3)cc(O)c1O. The Bertz CT molecular complexity index is 699. The van der Waals surface area contributed by atoms with Crippen LogP contribution in [0.1, 0.15) is 11.1 Å². The van der Waals surface area contributed by atoms with E-state index in [0.717, 1.165) is 11.1 Å². The van der Waals surface area contributed by atoms with Gasteiger partial charge < -0.3 is 29.5 Å². The van der Waals surface area contributed by atoms with Crippen LogP contribution in [-0.2, 0) is 12.8 Å². The molecule has 1 aliphatic heterocycles. The van der Waals surface area contributed by atoms with E-state index in [1.165, 1.54) is 13.2 Å². The van der Waals surface area contributed by atoms with Crippen LogP contribution in [0.2, 0.25) is 0 Å². The molecule has 0 radical (unpaired) electrons. The number of aryl methyl sites for hydroxylation is 2. The van der Waals surface area contributed by atoms with Crippen LogP contribution in [0.3, 0.4) is 0 Å². The van der Waals surface area contributed by atoms with Crippen LogP contribution in [0.5, 0.6) is 34.5 Å². The highest BCUT2D eigenvalue weighted by Crippen LogP contribution is 2.41. The van der Waals surface area contributed by atoms with E-state index in [1.807, 2.05) is 6.07 Å². The largest absolute Gasteiger partial charge is 0.504 e. The molecule has 6 heteroatoms. The van der Waals surface area contributed by atoms with Crippen LogP contribution in [0, 0.1) is 0 Å². The van der Waals surface area contributed by atoms with Crippen LogP contribution in [0.25, 0.3) is 0 Å². The van der Waals surface area contributed by atoms with Crippen molar-refractivity contribution in [3.8, 4) is 34.5 Å². The minimum Gasteiger partial charge on any atom is -0.504 e. The number of aromatic hydroxyl groups is 3. The lowest BCUT2D eigenvalue weighted by atomic mass is 10.0. The number of rotatable bonds is 4. The number of phenolic OH excluding ortho intramolecular Hbond substituents is 3. The van der Waals surface area contributed by atoms with Gasteiger partial charge in [0.05, 0.1) is 7.11 Å². The van der Waals surface area contributed by atoms with Gasteiger partial charge in [-0.1, -0.05) is 0 Å². The van der Waals surface area contributed by atoms with Gasteiger partial charge in [0.2, 0.25) is 18.3 Å². The maximum absolute atomic E-state index is 9.87. The van der Waals surface area contributed by atoms with Crippen molar-refractivity contribution in [3.63, 3.8) is 0 Å². The number of phenols is 3. The Morgan fingerprint density at radius 3 is 2.36 bits per heavy atom. The number of fused-ring (bicyclic) bond motifs is 1. The Balaban J connectivity index is 1.78. The first-order valence-electron chi connectivity index (χ1n) is 6.79. The Kier molecular flexibility index (Phi) is 3.58. The van der Waals surface area contributed by atoms with Crippen molar-refractivity contribution in [1.29, 1.82) is 0 Å². The maximum Gasteiger partial charge on any atom is 0.231 e. The molecule has 3 rings (SSSR count). The number of hydrogen-bond acceptors (Lipinski definition) is 6.